The molecular weight excluding hydrogens is 388 g/mol. The molecule has 0 bridgehead atoms. The van der Waals surface area contributed by atoms with Crippen molar-refractivity contribution in [2.24, 2.45) is 0 Å². The largest absolute Gasteiger partial charge is 0.285 e. The fourth-order valence-corrected chi connectivity index (χ4v) is 5.13. The number of unbranched alkanes of at least 4 members (excludes halogenated alkanes) is 3. The van der Waals surface area contributed by atoms with Crippen LogP contribution < -0.4 is 0 Å². The van der Waals surface area contributed by atoms with Crippen LogP contribution in [0.4, 0.5) is 0 Å². The van der Waals surface area contributed by atoms with Crippen LogP contribution in [0.1, 0.15) is 62.5 Å². The normalized spacial score (nSPS) is 16.7. The maximum atomic E-state index is 12.8. The second-order valence-electron chi connectivity index (χ2n) is 7.64. The minimum Gasteiger partial charge on any atom is -0.285 e. The molecular formula is C22H32N2O4S. The zero-order chi connectivity index (χ0) is 21.3. The van der Waals surface area contributed by atoms with Crippen LogP contribution in [-0.4, -0.2) is 54.3 Å². The molecule has 0 aromatic heterocycles. The summed E-state index contributed by atoms with van der Waals surface area (Å²) in [6.45, 7) is 5.01. The molecule has 1 amide bonds. The van der Waals surface area contributed by atoms with Crippen molar-refractivity contribution in [3.63, 3.8) is 0 Å². The molecule has 1 aliphatic rings. The molecule has 1 fully saturated rings. The van der Waals surface area contributed by atoms with Gasteiger partial charge in [0.25, 0.3) is 0 Å². The van der Waals surface area contributed by atoms with E-state index in [9.17, 15) is 18.4 Å². The Kier molecular flexibility index (Phi) is 9.15. The van der Waals surface area contributed by atoms with E-state index in [0.717, 1.165) is 32.1 Å². The average Bonchev–Trinajstić information content (AvgIpc) is 2.72. The van der Waals surface area contributed by atoms with E-state index >= 15 is 0 Å². The van der Waals surface area contributed by atoms with Gasteiger partial charge in [0.05, 0.1) is 5.75 Å². The van der Waals surface area contributed by atoms with Crippen molar-refractivity contribution in [3.8, 4) is 11.8 Å². The maximum Gasteiger partial charge on any atom is 0.234 e. The number of sulfonamides is 1. The van der Waals surface area contributed by atoms with Gasteiger partial charge in [-0.05, 0) is 37.7 Å². The number of piperidine rings is 1. The summed E-state index contributed by atoms with van der Waals surface area (Å²) in [7, 11) is -3.63. The van der Waals surface area contributed by atoms with Gasteiger partial charge in [0.1, 0.15) is 6.04 Å². The number of hydrogen-bond donors (Lipinski definition) is 1. The summed E-state index contributed by atoms with van der Waals surface area (Å²) in [4.78, 5) is 11.0. The third-order valence-corrected chi connectivity index (χ3v) is 7.25. The first-order valence-electron chi connectivity index (χ1n) is 10.3. The van der Waals surface area contributed by atoms with Crippen LogP contribution in [0.25, 0.3) is 0 Å². The van der Waals surface area contributed by atoms with Gasteiger partial charge in [-0.15, -0.1) is 5.92 Å². The lowest BCUT2D eigenvalue weighted by Gasteiger charge is -2.32. The highest BCUT2D eigenvalue weighted by molar-refractivity contribution is 7.89. The summed E-state index contributed by atoms with van der Waals surface area (Å²) < 4.78 is 27.1. The molecule has 1 unspecified atom stereocenters. The van der Waals surface area contributed by atoms with E-state index in [1.54, 1.807) is 0 Å². The summed E-state index contributed by atoms with van der Waals surface area (Å²) in [5.74, 6) is 5.61. The number of nitrogens with zero attached hydrogens (tertiary/aromatic N) is 2. The second-order valence-corrected chi connectivity index (χ2v) is 9.66. The Balaban J connectivity index is 1.97. The number of hydroxylamine groups is 2. The van der Waals surface area contributed by atoms with Crippen molar-refractivity contribution in [3.05, 3.63) is 35.4 Å². The Hall–Kier alpha value is -1.88. The molecule has 7 heteroatoms. The Morgan fingerprint density at radius 3 is 2.48 bits per heavy atom. The van der Waals surface area contributed by atoms with Gasteiger partial charge in [-0.25, -0.2) is 17.8 Å². The lowest BCUT2D eigenvalue weighted by molar-refractivity contribution is -0.153. The Morgan fingerprint density at radius 1 is 1.24 bits per heavy atom. The minimum atomic E-state index is -3.63. The average molecular weight is 421 g/mol. The van der Waals surface area contributed by atoms with Crippen LogP contribution in [-0.2, 0) is 14.8 Å². The first-order chi connectivity index (χ1) is 13.9. The minimum absolute atomic E-state index is 0.213. The maximum absolute atomic E-state index is 12.8. The molecule has 2 rings (SSSR count). The van der Waals surface area contributed by atoms with E-state index in [1.807, 2.05) is 6.92 Å². The lowest BCUT2D eigenvalue weighted by Crippen LogP contribution is -2.44. The van der Waals surface area contributed by atoms with Crippen molar-refractivity contribution >= 4 is 16.4 Å². The summed E-state index contributed by atoms with van der Waals surface area (Å²) >= 11 is 0. The van der Waals surface area contributed by atoms with Crippen molar-refractivity contribution in [2.75, 3.05) is 18.8 Å². The topological polar surface area (TPSA) is 77.9 Å². The molecule has 1 atom stereocenters. The molecule has 0 aliphatic carbocycles. The van der Waals surface area contributed by atoms with Crippen LogP contribution in [0, 0.1) is 18.8 Å². The summed E-state index contributed by atoms with van der Waals surface area (Å²) in [6.07, 6.45) is 5.38. The molecule has 6 nitrogen and oxygen atoms in total. The zero-order valence-electron chi connectivity index (χ0n) is 17.4. The van der Waals surface area contributed by atoms with Crippen molar-refractivity contribution in [1.82, 2.24) is 9.37 Å². The van der Waals surface area contributed by atoms with Crippen molar-refractivity contribution in [1.29, 1.82) is 0 Å². The van der Waals surface area contributed by atoms with Gasteiger partial charge in [0.2, 0.25) is 16.4 Å². The number of aryl methyl sites for hydroxylation is 1. The molecule has 1 N–H and O–H groups in total. The second kappa shape index (κ2) is 11.3. The number of benzene rings is 1. The Morgan fingerprint density at radius 2 is 1.90 bits per heavy atom. The number of carbonyl (C=O) groups excluding carboxylic acids is 1. The first kappa shape index (κ1) is 23.4. The monoisotopic (exact) mass is 420 g/mol. The van der Waals surface area contributed by atoms with Crippen molar-refractivity contribution < 1.29 is 18.4 Å². The number of hydrogen-bond acceptors (Lipinski definition) is 4. The van der Waals surface area contributed by atoms with E-state index in [0.29, 0.717) is 30.5 Å². The van der Waals surface area contributed by atoms with E-state index in [2.05, 4.69) is 43.0 Å². The molecule has 1 aliphatic heterocycles. The SMILES string of the molecule is CCCCCC#CC(CS(=O)(=O)N1CCC(c2ccc(C)cc2)CC1)N(O)C=O. The number of rotatable bonds is 9. The van der Waals surface area contributed by atoms with E-state index in [1.165, 1.54) is 15.4 Å². The summed E-state index contributed by atoms with van der Waals surface area (Å²) in [6, 6.07) is 7.34. The Bertz CT molecular complexity index is 803. The van der Waals surface area contributed by atoms with Crippen LogP contribution in [0.15, 0.2) is 24.3 Å². The van der Waals surface area contributed by atoms with Gasteiger partial charge in [-0.1, -0.05) is 55.5 Å². The highest BCUT2D eigenvalue weighted by Crippen LogP contribution is 2.29. The van der Waals surface area contributed by atoms with Crippen LogP contribution in [0.5, 0.6) is 0 Å². The number of carbonyl (C=O) groups is 1. The van der Waals surface area contributed by atoms with Gasteiger partial charge in [-0.2, -0.15) is 0 Å². The molecule has 1 aromatic rings. The van der Waals surface area contributed by atoms with E-state index < -0.39 is 21.8 Å². The fraction of sp³-hybridized carbons (Fsp3) is 0.591. The Labute approximate surface area is 174 Å². The molecule has 1 saturated heterocycles. The third kappa shape index (κ3) is 7.14. The van der Waals surface area contributed by atoms with Crippen LogP contribution in [0.2, 0.25) is 0 Å². The molecule has 1 aromatic carbocycles. The van der Waals surface area contributed by atoms with Gasteiger partial charge in [0.15, 0.2) is 0 Å². The highest BCUT2D eigenvalue weighted by Gasteiger charge is 2.31. The quantitative estimate of drug-likeness (QED) is 0.219. The third-order valence-electron chi connectivity index (χ3n) is 5.37. The van der Waals surface area contributed by atoms with Gasteiger partial charge < -0.3 is 0 Å². The van der Waals surface area contributed by atoms with Gasteiger partial charge in [-0.3, -0.25) is 10.0 Å². The zero-order valence-corrected chi connectivity index (χ0v) is 18.2. The predicted molar refractivity (Wildman–Crippen MR) is 114 cm³/mol. The molecule has 160 valence electrons. The number of amides is 1. The molecule has 0 spiro atoms. The summed E-state index contributed by atoms with van der Waals surface area (Å²) in [5, 5.41) is 10.1. The molecule has 0 radical (unpaired) electrons. The molecule has 29 heavy (non-hydrogen) atoms. The smallest absolute Gasteiger partial charge is 0.234 e. The fourth-order valence-electron chi connectivity index (χ4n) is 3.52. The van der Waals surface area contributed by atoms with Crippen molar-refractivity contribution in [2.45, 2.75) is 64.3 Å². The van der Waals surface area contributed by atoms with Gasteiger partial charge in [0, 0.05) is 19.5 Å². The molecule has 1 heterocycles. The first-order valence-corrected chi connectivity index (χ1v) is 11.9. The van der Waals surface area contributed by atoms with Gasteiger partial charge >= 0.3 is 0 Å². The predicted octanol–water partition coefficient (Wildman–Crippen LogP) is 3.30. The van der Waals surface area contributed by atoms with E-state index in [4.69, 9.17) is 0 Å². The standard InChI is InChI=1S/C22H32N2O4S/c1-3-4-5-6-7-8-22(24(26)18-25)17-29(27,28)23-15-13-21(14-16-23)20-11-9-19(2)10-12-20/h9-12,18,21-22,26H,3-6,13-17H2,1-2H3. The van der Waals surface area contributed by atoms with E-state index in [-0.39, 0.29) is 6.41 Å². The highest BCUT2D eigenvalue weighted by atomic mass is 32.2. The van der Waals surface area contributed by atoms with Crippen LogP contribution in [0.3, 0.4) is 0 Å². The summed E-state index contributed by atoms with van der Waals surface area (Å²) in [5.41, 5.74) is 2.45. The van der Waals surface area contributed by atoms with Crippen LogP contribution >= 0.6 is 0 Å². The molecule has 0 saturated carbocycles. The lowest BCUT2D eigenvalue weighted by atomic mass is 9.90.